The molecule has 0 aliphatic rings. The van der Waals surface area contributed by atoms with Crippen molar-refractivity contribution in [1.82, 2.24) is 0 Å². The SMILES string of the molecule is C=CN=C(CC)c1ccc(C)c(C)c1. The predicted octanol–water partition coefficient (Wildman–Crippen LogP) is 3.65. The van der Waals surface area contributed by atoms with Crippen molar-refractivity contribution in [2.45, 2.75) is 27.2 Å². The van der Waals surface area contributed by atoms with Crippen molar-refractivity contribution < 1.29 is 0 Å². The van der Waals surface area contributed by atoms with Crippen molar-refractivity contribution in [1.29, 1.82) is 0 Å². The van der Waals surface area contributed by atoms with Gasteiger partial charge in [0.2, 0.25) is 0 Å². The highest BCUT2D eigenvalue weighted by Crippen LogP contribution is 2.12. The predicted molar refractivity (Wildman–Crippen MR) is 62.9 cm³/mol. The Bertz CT molecular complexity index is 361. The summed E-state index contributed by atoms with van der Waals surface area (Å²) < 4.78 is 0. The fourth-order valence-corrected chi connectivity index (χ4v) is 1.40. The molecule has 0 heterocycles. The van der Waals surface area contributed by atoms with E-state index >= 15 is 0 Å². The third-order valence-corrected chi connectivity index (χ3v) is 2.42. The number of hydrogen-bond donors (Lipinski definition) is 0. The molecule has 0 radical (unpaired) electrons. The van der Waals surface area contributed by atoms with Gasteiger partial charge in [-0.05, 0) is 43.0 Å². The largest absolute Gasteiger partial charge is 0.261 e. The summed E-state index contributed by atoms with van der Waals surface area (Å²) >= 11 is 0. The van der Waals surface area contributed by atoms with Crippen LogP contribution in [0.4, 0.5) is 0 Å². The van der Waals surface area contributed by atoms with Gasteiger partial charge in [0, 0.05) is 11.9 Å². The summed E-state index contributed by atoms with van der Waals surface area (Å²) in [6, 6.07) is 6.44. The summed E-state index contributed by atoms with van der Waals surface area (Å²) in [5.41, 5.74) is 4.94. The normalized spacial score (nSPS) is 11.5. The minimum Gasteiger partial charge on any atom is -0.261 e. The molecular formula is C13H17N. The van der Waals surface area contributed by atoms with Crippen molar-refractivity contribution in [2.24, 2.45) is 4.99 Å². The van der Waals surface area contributed by atoms with Gasteiger partial charge in [-0.2, -0.15) is 0 Å². The van der Waals surface area contributed by atoms with Gasteiger partial charge < -0.3 is 0 Å². The van der Waals surface area contributed by atoms with E-state index in [9.17, 15) is 0 Å². The summed E-state index contributed by atoms with van der Waals surface area (Å²) in [5, 5.41) is 0. The van der Waals surface area contributed by atoms with Gasteiger partial charge in [-0.3, -0.25) is 4.99 Å². The molecule has 0 spiro atoms. The van der Waals surface area contributed by atoms with Gasteiger partial charge in [0.05, 0.1) is 0 Å². The van der Waals surface area contributed by atoms with E-state index in [1.165, 1.54) is 16.7 Å². The number of aliphatic imine (C=N–C) groups is 1. The monoisotopic (exact) mass is 187 g/mol. The lowest BCUT2D eigenvalue weighted by molar-refractivity contribution is 1.25. The van der Waals surface area contributed by atoms with Crippen molar-refractivity contribution >= 4 is 5.71 Å². The molecule has 1 rings (SSSR count). The zero-order valence-electron chi connectivity index (χ0n) is 9.17. The van der Waals surface area contributed by atoms with Crippen molar-refractivity contribution in [2.75, 3.05) is 0 Å². The minimum absolute atomic E-state index is 0.939. The molecule has 0 saturated carbocycles. The van der Waals surface area contributed by atoms with E-state index in [0.29, 0.717) is 0 Å². The summed E-state index contributed by atoms with van der Waals surface area (Å²) in [7, 11) is 0. The molecule has 0 amide bonds. The van der Waals surface area contributed by atoms with Crippen LogP contribution in [0.25, 0.3) is 0 Å². The molecule has 0 saturated heterocycles. The molecule has 1 nitrogen and oxygen atoms in total. The fourth-order valence-electron chi connectivity index (χ4n) is 1.40. The zero-order valence-corrected chi connectivity index (χ0v) is 9.17. The van der Waals surface area contributed by atoms with Crippen LogP contribution >= 0.6 is 0 Å². The molecule has 0 fully saturated rings. The van der Waals surface area contributed by atoms with Crippen molar-refractivity contribution in [3.8, 4) is 0 Å². The first-order chi connectivity index (χ1) is 6.69. The Morgan fingerprint density at radius 2 is 2.07 bits per heavy atom. The van der Waals surface area contributed by atoms with Crippen LogP contribution in [0.5, 0.6) is 0 Å². The van der Waals surface area contributed by atoms with Crippen LogP contribution in [-0.4, -0.2) is 5.71 Å². The lowest BCUT2D eigenvalue weighted by Gasteiger charge is -2.06. The molecule has 1 heteroatoms. The molecule has 0 aromatic heterocycles. The van der Waals surface area contributed by atoms with Gasteiger partial charge >= 0.3 is 0 Å². The molecule has 0 unspecified atom stereocenters. The van der Waals surface area contributed by atoms with Crippen LogP contribution < -0.4 is 0 Å². The molecule has 74 valence electrons. The highest BCUT2D eigenvalue weighted by atomic mass is 14.7. The Morgan fingerprint density at radius 1 is 1.36 bits per heavy atom. The smallest absolute Gasteiger partial charge is 0.0472 e. The van der Waals surface area contributed by atoms with Crippen LogP contribution in [0.15, 0.2) is 36.0 Å². The summed E-state index contributed by atoms with van der Waals surface area (Å²) in [5.74, 6) is 0. The molecule has 0 N–H and O–H groups in total. The van der Waals surface area contributed by atoms with E-state index in [2.05, 4.69) is 50.5 Å². The van der Waals surface area contributed by atoms with Gasteiger partial charge in [0.1, 0.15) is 0 Å². The number of aryl methyl sites for hydroxylation is 2. The molecule has 0 aliphatic heterocycles. The third-order valence-electron chi connectivity index (χ3n) is 2.42. The van der Waals surface area contributed by atoms with E-state index < -0.39 is 0 Å². The molecule has 1 aromatic carbocycles. The van der Waals surface area contributed by atoms with E-state index in [0.717, 1.165) is 12.1 Å². The van der Waals surface area contributed by atoms with Crippen LogP contribution in [0.1, 0.15) is 30.0 Å². The summed E-state index contributed by atoms with van der Waals surface area (Å²) in [6.07, 6.45) is 2.54. The molecule has 0 bridgehead atoms. The maximum absolute atomic E-state index is 4.26. The first kappa shape index (κ1) is 10.7. The Hall–Kier alpha value is -1.37. The van der Waals surface area contributed by atoms with Gasteiger partial charge in [-0.25, -0.2) is 0 Å². The van der Waals surface area contributed by atoms with Gasteiger partial charge in [-0.15, -0.1) is 0 Å². The lowest BCUT2D eigenvalue weighted by Crippen LogP contribution is -1.99. The average Bonchev–Trinajstić information content (AvgIpc) is 2.19. The van der Waals surface area contributed by atoms with Gasteiger partial charge in [-0.1, -0.05) is 25.6 Å². The van der Waals surface area contributed by atoms with Gasteiger partial charge in [0.25, 0.3) is 0 Å². The van der Waals surface area contributed by atoms with Crippen molar-refractivity contribution in [3.05, 3.63) is 47.7 Å². The third kappa shape index (κ3) is 2.32. The number of nitrogens with zero attached hydrogens (tertiary/aromatic N) is 1. The van der Waals surface area contributed by atoms with Crippen LogP contribution in [0, 0.1) is 13.8 Å². The molecular weight excluding hydrogens is 170 g/mol. The Kier molecular flexibility index (Phi) is 3.63. The first-order valence-electron chi connectivity index (χ1n) is 4.94. The second-order valence-corrected chi connectivity index (χ2v) is 3.41. The molecule has 1 aromatic rings. The summed E-state index contributed by atoms with van der Waals surface area (Å²) in [6.45, 7) is 9.98. The lowest BCUT2D eigenvalue weighted by atomic mass is 10.0. The van der Waals surface area contributed by atoms with E-state index in [1.807, 2.05) is 0 Å². The maximum Gasteiger partial charge on any atom is 0.0472 e. The van der Waals surface area contributed by atoms with Crippen LogP contribution in [0.3, 0.4) is 0 Å². The topological polar surface area (TPSA) is 12.4 Å². The highest BCUT2D eigenvalue weighted by molar-refractivity contribution is 6.00. The van der Waals surface area contributed by atoms with Gasteiger partial charge in [0.15, 0.2) is 0 Å². The number of rotatable bonds is 3. The van der Waals surface area contributed by atoms with E-state index in [-0.39, 0.29) is 0 Å². The second-order valence-electron chi connectivity index (χ2n) is 3.41. The standard InChI is InChI=1S/C13H17N/c1-5-13(14-6-2)12-8-7-10(3)11(4)9-12/h6-9H,2,5H2,1,3-4H3. The minimum atomic E-state index is 0.939. The average molecular weight is 187 g/mol. The Balaban J connectivity index is 3.12. The van der Waals surface area contributed by atoms with Crippen molar-refractivity contribution in [3.63, 3.8) is 0 Å². The number of benzene rings is 1. The molecule has 0 atom stereocenters. The quantitative estimate of drug-likeness (QED) is 0.640. The molecule has 14 heavy (non-hydrogen) atoms. The fraction of sp³-hybridized carbons (Fsp3) is 0.308. The van der Waals surface area contributed by atoms with E-state index in [1.54, 1.807) is 6.20 Å². The Labute approximate surface area is 86.2 Å². The summed E-state index contributed by atoms with van der Waals surface area (Å²) in [4.78, 5) is 4.26. The van der Waals surface area contributed by atoms with Crippen LogP contribution in [-0.2, 0) is 0 Å². The van der Waals surface area contributed by atoms with E-state index in [4.69, 9.17) is 0 Å². The highest BCUT2D eigenvalue weighted by Gasteiger charge is 2.01. The van der Waals surface area contributed by atoms with Crippen LogP contribution in [0.2, 0.25) is 0 Å². The first-order valence-corrected chi connectivity index (χ1v) is 4.94. The second kappa shape index (κ2) is 4.75. The molecule has 0 aliphatic carbocycles. The number of hydrogen-bond acceptors (Lipinski definition) is 1. The maximum atomic E-state index is 4.26. The zero-order chi connectivity index (χ0) is 10.6. The Morgan fingerprint density at radius 3 is 2.57 bits per heavy atom.